The van der Waals surface area contributed by atoms with Gasteiger partial charge in [0.1, 0.15) is 0 Å². The largest absolute Gasteiger partial charge is 0.342 e. The van der Waals surface area contributed by atoms with Gasteiger partial charge in [-0.3, -0.25) is 4.79 Å². The second kappa shape index (κ2) is 7.48. The molecule has 3 nitrogen and oxygen atoms in total. The first-order valence-electron chi connectivity index (χ1n) is 7.45. The lowest BCUT2D eigenvalue weighted by Crippen LogP contribution is -2.33. The van der Waals surface area contributed by atoms with Crippen molar-refractivity contribution < 1.29 is 4.79 Å². The van der Waals surface area contributed by atoms with Gasteiger partial charge in [0.25, 0.3) is 0 Å². The predicted molar refractivity (Wildman–Crippen MR) is 88.1 cm³/mol. The van der Waals surface area contributed by atoms with Crippen molar-refractivity contribution in [1.82, 2.24) is 10.2 Å². The van der Waals surface area contributed by atoms with Crippen molar-refractivity contribution in [1.29, 1.82) is 0 Å². The third kappa shape index (κ3) is 4.12. The van der Waals surface area contributed by atoms with E-state index >= 15 is 0 Å². The predicted octanol–water partition coefficient (Wildman–Crippen LogP) is 2.76. The lowest BCUT2D eigenvalue weighted by atomic mass is 9.92. The third-order valence-corrected chi connectivity index (χ3v) is 4.89. The van der Waals surface area contributed by atoms with Crippen LogP contribution in [0.2, 0.25) is 5.02 Å². The standard InChI is InChI=1S/C16H21ClN2O.ClH/c17-15-3-1-12(2-4-15)9-16(20)19-7-5-13-10-18-11-14(13)6-8-19;/h1-4,13-14,18H,5-11H2;1H/t13-,14+;. The first-order chi connectivity index (χ1) is 9.72. The Morgan fingerprint density at radius 2 is 1.71 bits per heavy atom. The number of likely N-dealkylation sites (tertiary alicyclic amines) is 1. The molecule has 0 unspecified atom stereocenters. The molecule has 0 bridgehead atoms. The Kier molecular flexibility index (Phi) is 5.91. The van der Waals surface area contributed by atoms with Gasteiger partial charge >= 0.3 is 0 Å². The molecule has 3 rings (SSSR count). The minimum atomic E-state index is 0. The Bertz CT molecular complexity index is 464. The van der Waals surface area contributed by atoms with E-state index in [4.69, 9.17) is 11.6 Å². The fourth-order valence-electron chi connectivity index (χ4n) is 3.36. The number of nitrogens with one attached hydrogen (secondary N) is 1. The van der Waals surface area contributed by atoms with Crippen LogP contribution in [-0.2, 0) is 11.2 Å². The smallest absolute Gasteiger partial charge is 0.226 e. The van der Waals surface area contributed by atoms with Crippen molar-refractivity contribution >= 4 is 29.9 Å². The Morgan fingerprint density at radius 1 is 1.14 bits per heavy atom. The highest BCUT2D eigenvalue weighted by Gasteiger charge is 2.31. The van der Waals surface area contributed by atoms with Crippen LogP contribution in [0, 0.1) is 11.8 Å². The molecule has 2 aliphatic heterocycles. The summed E-state index contributed by atoms with van der Waals surface area (Å²) in [6.07, 6.45) is 2.78. The summed E-state index contributed by atoms with van der Waals surface area (Å²) in [5.41, 5.74) is 1.05. The SMILES string of the molecule is Cl.O=C(Cc1ccc(Cl)cc1)N1CC[C@@H]2CNC[C@@H]2CC1. The van der Waals surface area contributed by atoms with Gasteiger partial charge in [-0.2, -0.15) is 0 Å². The Morgan fingerprint density at radius 3 is 2.29 bits per heavy atom. The molecule has 0 radical (unpaired) electrons. The highest BCUT2D eigenvalue weighted by Crippen LogP contribution is 2.27. The van der Waals surface area contributed by atoms with E-state index in [0.717, 1.165) is 61.4 Å². The van der Waals surface area contributed by atoms with Crippen LogP contribution < -0.4 is 5.32 Å². The number of rotatable bonds is 2. The van der Waals surface area contributed by atoms with Crippen LogP contribution in [0.15, 0.2) is 24.3 Å². The van der Waals surface area contributed by atoms with Crippen LogP contribution >= 0.6 is 24.0 Å². The van der Waals surface area contributed by atoms with Gasteiger partial charge in [0.15, 0.2) is 0 Å². The summed E-state index contributed by atoms with van der Waals surface area (Å²) in [6, 6.07) is 7.58. The number of amides is 1. The van der Waals surface area contributed by atoms with E-state index in [0.29, 0.717) is 6.42 Å². The molecule has 2 saturated heterocycles. The molecular formula is C16H22Cl2N2O. The molecule has 21 heavy (non-hydrogen) atoms. The van der Waals surface area contributed by atoms with Gasteiger partial charge in [-0.25, -0.2) is 0 Å². The number of hydrogen-bond donors (Lipinski definition) is 1. The van der Waals surface area contributed by atoms with Crippen LogP contribution in [0.25, 0.3) is 0 Å². The second-order valence-corrected chi connectivity index (χ2v) is 6.38. The van der Waals surface area contributed by atoms with Gasteiger partial charge in [-0.15, -0.1) is 12.4 Å². The van der Waals surface area contributed by atoms with E-state index in [1.165, 1.54) is 0 Å². The molecular weight excluding hydrogens is 307 g/mol. The van der Waals surface area contributed by atoms with E-state index in [1.807, 2.05) is 29.2 Å². The average molecular weight is 329 g/mol. The van der Waals surface area contributed by atoms with Gasteiger partial charge in [0.2, 0.25) is 5.91 Å². The minimum absolute atomic E-state index is 0. The maximum Gasteiger partial charge on any atom is 0.226 e. The molecule has 2 aliphatic rings. The number of carbonyl (C=O) groups is 1. The van der Waals surface area contributed by atoms with E-state index in [9.17, 15) is 4.79 Å². The zero-order valence-corrected chi connectivity index (χ0v) is 13.6. The molecule has 116 valence electrons. The number of benzene rings is 1. The van der Waals surface area contributed by atoms with E-state index in [1.54, 1.807) is 0 Å². The highest BCUT2D eigenvalue weighted by molar-refractivity contribution is 6.30. The van der Waals surface area contributed by atoms with Crippen molar-refractivity contribution in [2.45, 2.75) is 19.3 Å². The summed E-state index contributed by atoms with van der Waals surface area (Å²) in [7, 11) is 0. The molecule has 0 spiro atoms. The molecule has 2 heterocycles. The summed E-state index contributed by atoms with van der Waals surface area (Å²) in [6.45, 7) is 4.08. The quantitative estimate of drug-likeness (QED) is 0.905. The Balaban J connectivity index is 0.00000161. The molecule has 0 aromatic heterocycles. The number of halogens is 2. The van der Waals surface area contributed by atoms with Crippen molar-refractivity contribution in [3.05, 3.63) is 34.9 Å². The fraction of sp³-hybridized carbons (Fsp3) is 0.562. The van der Waals surface area contributed by atoms with E-state index in [2.05, 4.69) is 5.32 Å². The summed E-state index contributed by atoms with van der Waals surface area (Å²) >= 11 is 5.87. The van der Waals surface area contributed by atoms with Crippen LogP contribution in [-0.4, -0.2) is 37.0 Å². The van der Waals surface area contributed by atoms with E-state index < -0.39 is 0 Å². The number of carbonyl (C=O) groups excluding carboxylic acids is 1. The summed E-state index contributed by atoms with van der Waals surface area (Å²) in [5, 5.41) is 4.18. The molecule has 2 atom stereocenters. The highest BCUT2D eigenvalue weighted by atomic mass is 35.5. The number of nitrogens with zero attached hydrogens (tertiary/aromatic N) is 1. The van der Waals surface area contributed by atoms with E-state index in [-0.39, 0.29) is 18.3 Å². The number of hydrogen-bond acceptors (Lipinski definition) is 2. The van der Waals surface area contributed by atoms with Crippen molar-refractivity contribution in [2.24, 2.45) is 11.8 Å². The van der Waals surface area contributed by atoms with Crippen LogP contribution in [0.3, 0.4) is 0 Å². The summed E-state index contributed by atoms with van der Waals surface area (Å²) in [5.74, 6) is 1.78. The first kappa shape index (κ1) is 16.6. The average Bonchev–Trinajstić information content (AvgIpc) is 2.80. The van der Waals surface area contributed by atoms with Crippen molar-refractivity contribution in [3.63, 3.8) is 0 Å². The van der Waals surface area contributed by atoms with Gasteiger partial charge in [-0.1, -0.05) is 23.7 Å². The maximum absolute atomic E-state index is 12.4. The van der Waals surface area contributed by atoms with Gasteiger partial charge in [-0.05, 0) is 55.5 Å². The molecule has 1 aromatic carbocycles. The lowest BCUT2D eigenvalue weighted by Gasteiger charge is -2.21. The molecule has 2 fully saturated rings. The van der Waals surface area contributed by atoms with Gasteiger partial charge < -0.3 is 10.2 Å². The van der Waals surface area contributed by atoms with Crippen LogP contribution in [0.1, 0.15) is 18.4 Å². The molecule has 0 aliphatic carbocycles. The monoisotopic (exact) mass is 328 g/mol. The summed E-state index contributed by atoms with van der Waals surface area (Å²) in [4.78, 5) is 14.5. The number of fused-ring (bicyclic) bond motifs is 1. The molecule has 1 amide bonds. The van der Waals surface area contributed by atoms with Crippen LogP contribution in [0.4, 0.5) is 0 Å². The van der Waals surface area contributed by atoms with Crippen molar-refractivity contribution in [3.8, 4) is 0 Å². The topological polar surface area (TPSA) is 32.3 Å². The Labute approximate surface area is 137 Å². The normalized spacial score (nSPS) is 24.9. The molecule has 0 saturated carbocycles. The molecule has 1 aromatic rings. The minimum Gasteiger partial charge on any atom is -0.342 e. The third-order valence-electron chi connectivity index (χ3n) is 4.64. The molecule has 5 heteroatoms. The summed E-state index contributed by atoms with van der Waals surface area (Å²) < 4.78 is 0. The second-order valence-electron chi connectivity index (χ2n) is 5.94. The first-order valence-corrected chi connectivity index (χ1v) is 7.83. The maximum atomic E-state index is 12.4. The van der Waals surface area contributed by atoms with Crippen LogP contribution in [0.5, 0.6) is 0 Å². The van der Waals surface area contributed by atoms with Crippen molar-refractivity contribution in [2.75, 3.05) is 26.2 Å². The zero-order chi connectivity index (χ0) is 13.9. The zero-order valence-electron chi connectivity index (χ0n) is 12.1. The van der Waals surface area contributed by atoms with Gasteiger partial charge in [0, 0.05) is 18.1 Å². The fourth-order valence-corrected chi connectivity index (χ4v) is 3.48. The Hall–Kier alpha value is -0.770. The van der Waals surface area contributed by atoms with Gasteiger partial charge in [0.05, 0.1) is 6.42 Å². The molecule has 1 N–H and O–H groups in total. The lowest BCUT2D eigenvalue weighted by molar-refractivity contribution is -0.130.